The van der Waals surface area contributed by atoms with Crippen LogP contribution in [-0.2, 0) is 0 Å². The molecule has 0 N–H and O–H groups in total. The Morgan fingerprint density at radius 1 is 1.38 bits per heavy atom. The monoisotopic (exact) mass is 385 g/mol. The van der Waals surface area contributed by atoms with Gasteiger partial charge in [0.05, 0.1) is 5.56 Å². The molecule has 1 unspecified atom stereocenters. The summed E-state index contributed by atoms with van der Waals surface area (Å²) in [6.45, 7) is 3.93. The SMILES string of the molecule is Cc1ccnc(N(C)C2CCCN(c3ccc(C#N)c(Br)c3)C2)n1. The molecule has 1 aliphatic heterocycles. The van der Waals surface area contributed by atoms with E-state index >= 15 is 0 Å². The van der Waals surface area contributed by atoms with Gasteiger partial charge in [-0.15, -0.1) is 0 Å². The smallest absolute Gasteiger partial charge is 0.225 e. The second kappa shape index (κ2) is 7.18. The molecular formula is C18H20BrN5. The van der Waals surface area contributed by atoms with E-state index in [1.807, 2.05) is 37.4 Å². The van der Waals surface area contributed by atoms with Crippen molar-refractivity contribution in [3.8, 4) is 6.07 Å². The Morgan fingerprint density at radius 3 is 2.92 bits per heavy atom. The van der Waals surface area contributed by atoms with Crippen LogP contribution in [0, 0.1) is 18.3 Å². The average molecular weight is 386 g/mol. The van der Waals surface area contributed by atoms with Gasteiger partial charge in [0.25, 0.3) is 0 Å². The minimum Gasteiger partial charge on any atom is -0.369 e. The first-order chi connectivity index (χ1) is 11.6. The normalized spacial score (nSPS) is 17.4. The third-order valence-corrected chi connectivity index (χ3v) is 5.14. The third-order valence-electron chi connectivity index (χ3n) is 4.48. The molecule has 0 amide bonds. The summed E-state index contributed by atoms with van der Waals surface area (Å²) in [5.41, 5.74) is 2.79. The lowest BCUT2D eigenvalue weighted by molar-refractivity contribution is 0.483. The Kier molecular flexibility index (Phi) is 5.00. The Labute approximate surface area is 151 Å². The fraction of sp³-hybridized carbons (Fsp3) is 0.389. The van der Waals surface area contributed by atoms with E-state index < -0.39 is 0 Å². The minimum atomic E-state index is 0.370. The van der Waals surface area contributed by atoms with Gasteiger partial charge in [-0.25, -0.2) is 9.97 Å². The van der Waals surface area contributed by atoms with Crippen molar-refractivity contribution >= 4 is 27.6 Å². The maximum Gasteiger partial charge on any atom is 0.225 e. The molecule has 0 spiro atoms. The second-order valence-electron chi connectivity index (χ2n) is 6.13. The van der Waals surface area contributed by atoms with E-state index in [4.69, 9.17) is 5.26 Å². The molecule has 0 bridgehead atoms. The highest BCUT2D eigenvalue weighted by Gasteiger charge is 2.25. The van der Waals surface area contributed by atoms with Crippen molar-refractivity contribution in [1.82, 2.24) is 9.97 Å². The summed E-state index contributed by atoms with van der Waals surface area (Å²) in [5.74, 6) is 0.780. The lowest BCUT2D eigenvalue weighted by atomic mass is 10.0. The van der Waals surface area contributed by atoms with E-state index in [0.717, 1.165) is 47.7 Å². The fourth-order valence-corrected chi connectivity index (χ4v) is 3.52. The first-order valence-electron chi connectivity index (χ1n) is 8.05. The summed E-state index contributed by atoms with van der Waals surface area (Å²) < 4.78 is 0.847. The quantitative estimate of drug-likeness (QED) is 0.808. The van der Waals surface area contributed by atoms with Crippen molar-refractivity contribution in [2.24, 2.45) is 0 Å². The van der Waals surface area contributed by atoms with Crippen molar-refractivity contribution < 1.29 is 0 Å². The van der Waals surface area contributed by atoms with Gasteiger partial charge in [0, 0.05) is 48.2 Å². The number of hydrogen-bond donors (Lipinski definition) is 0. The fourth-order valence-electron chi connectivity index (χ4n) is 3.07. The van der Waals surface area contributed by atoms with Crippen LogP contribution >= 0.6 is 15.9 Å². The second-order valence-corrected chi connectivity index (χ2v) is 6.98. The van der Waals surface area contributed by atoms with Gasteiger partial charge >= 0.3 is 0 Å². The van der Waals surface area contributed by atoms with E-state index in [1.165, 1.54) is 0 Å². The summed E-state index contributed by atoms with van der Waals surface area (Å²) in [7, 11) is 2.07. The number of aromatic nitrogens is 2. The largest absolute Gasteiger partial charge is 0.369 e. The summed E-state index contributed by atoms with van der Waals surface area (Å²) in [4.78, 5) is 13.5. The third kappa shape index (κ3) is 3.51. The highest BCUT2D eigenvalue weighted by atomic mass is 79.9. The molecule has 5 nitrogen and oxygen atoms in total. The number of halogens is 1. The summed E-state index contributed by atoms with van der Waals surface area (Å²) in [6, 6.07) is 10.4. The van der Waals surface area contributed by atoms with Gasteiger partial charge in [-0.3, -0.25) is 0 Å². The number of nitrogens with zero attached hydrogens (tertiary/aromatic N) is 5. The lowest BCUT2D eigenvalue weighted by Gasteiger charge is -2.39. The van der Waals surface area contributed by atoms with E-state index in [-0.39, 0.29) is 0 Å². The highest BCUT2D eigenvalue weighted by molar-refractivity contribution is 9.10. The lowest BCUT2D eigenvalue weighted by Crippen LogP contribution is -2.47. The zero-order chi connectivity index (χ0) is 17.1. The molecule has 1 aromatic carbocycles. The topological polar surface area (TPSA) is 56.1 Å². The number of piperidine rings is 1. The number of anilines is 2. The molecule has 0 aliphatic carbocycles. The van der Waals surface area contributed by atoms with Crippen molar-refractivity contribution in [3.63, 3.8) is 0 Å². The molecule has 6 heteroatoms. The number of likely N-dealkylation sites (N-methyl/N-ethyl adjacent to an activating group) is 1. The summed E-state index contributed by atoms with van der Waals surface area (Å²) in [6.07, 6.45) is 4.06. The number of nitriles is 1. The molecule has 1 saturated heterocycles. The van der Waals surface area contributed by atoms with Crippen LogP contribution in [0.15, 0.2) is 34.9 Å². The molecule has 0 saturated carbocycles. The van der Waals surface area contributed by atoms with Gasteiger partial charge < -0.3 is 9.80 Å². The van der Waals surface area contributed by atoms with Crippen LogP contribution < -0.4 is 9.80 Å². The number of hydrogen-bond acceptors (Lipinski definition) is 5. The van der Waals surface area contributed by atoms with E-state index in [1.54, 1.807) is 0 Å². The Morgan fingerprint density at radius 2 is 2.21 bits per heavy atom. The van der Waals surface area contributed by atoms with Crippen LogP contribution in [0.4, 0.5) is 11.6 Å². The molecule has 124 valence electrons. The van der Waals surface area contributed by atoms with Gasteiger partial charge in [-0.1, -0.05) is 0 Å². The van der Waals surface area contributed by atoms with E-state index in [2.05, 4.69) is 48.8 Å². The summed E-state index contributed by atoms with van der Waals surface area (Å²) in [5, 5.41) is 9.07. The molecule has 24 heavy (non-hydrogen) atoms. The molecule has 0 radical (unpaired) electrons. The van der Waals surface area contributed by atoms with Gasteiger partial charge in [0.2, 0.25) is 5.95 Å². The molecule has 3 rings (SSSR count). The Balaban J connectivity index is 1.77. The van der Waals surface area contributed by atoms with Crippen LogP contribution in [-0.4, -0.2) is 36.1 Å². The van der Waals surface area contributed by atoms with Crippen LogP contribution in [0.2, 0.25) is 0 Å². The highest BCUT2D eigenvalue weighted by Crippen LogP contribution is 2.27. The predicted octanol–water partition coefficient (Wildman–Crippen LogP) is 3.52. The molecular weight excluding hydrogens is 366 g/mol. The first kappa shape index (κ1) is 16.7. The number of benzene rings is 1. The molecule has 1 aliphatic rings. The van der Waals surface area contributed by atoms with Crippen LogP contribution in [0.3, 0.4) is 0 Å². The standard InChI is InChI=1S/C18H20BrN5/c1-13-7-8-21-18(22-13)23(2)16-4-3-9-24(12-16)15-6-5-14(11-20)17(19)10-15/h5-8,10,16H,3-4,9,12H2,1-2H3. The van der Waals surface area contributed by atoms with Crippen LogP contribution in [0.1, 0.15) is 24.1 Å². The van der Waals surface area contributed by atoms with E-state index in [0.29, 0.717) is 11.6 Å². The molecule has 2 heterocycles. The molecule has 1 aromatic heterocycles. The van der Waals surface area contributed by atoms with Crippen LogP contribution in [0.5, 0.6) is 0 Å². The minimum absolute atomic E-state index is 0.370. The number of rotatable bonds is 3. The van der Waals surface area contributed by atoms with Crippen molar-refractivity contribution in [2.75, 3.05) is 29.9 Å². The first-order valence-corrected chi connectivity index (χ1v) is 8.85. The summed E-state index contributed by atoms with van der Waals surface area (Å²) >= 11 is 3.48. The Bertz CT molecular complexity index is 770. The zero-order valence-corrected chi connectivity index (χ0v) is 15.5. The maximum absolute atomic E-state index is 9.07. The molecule has 2 aromatic rings. The van der Waals surface area contributed by atoms with Gasteiger partial charge in [-0.2, -0.15) is 5.26 Å². The Hall–Kier alpha value is -2.13. The van der Waals surface area contributed by atoms with Crippen molar-refractivity contribution in [3.05, 3.63) is 46.2 Å². The van der Waals surface area contributed by atoms with Crippen molar-refractivity contribution in [1.29, 1.82) is 5.26 Å². The molecule has 1 atom stereocenters. The van der Waals surface area contributed by atoms with Gasteiger partial charge in [-0.05, 0) is 60.0 Å². The maximum atomic E-state index is 9.07. The predicted molar refractivity (Wildman–Crippen MR) is 99.3 cm³/mol. The van der Waals surface area contributed by atoms with Gasteiger partial charge in [0.15, 0.2) is 0 Å². The van der Waals surface area contributed by atoms with Crippen molar-refractivity contribution in [2.45, 2.75) is 25.8 Å². The average Bonchev–Trinajstić information content (AvgIpc) is 2.61. The zero-order valence-electron chi connectivity index (χ0n) is 13.9. The van der Waals surface area contributed by atoms with Gasteiger partial charge in [0.1, 0.15) is 6.07 Å². The van der Waals surface area contributed by atoms with E-state index in [9.17, 15) is 0 Å². The molecule has 1 fully saturated rings. The van der Waals surface area contributed by atoms with Crippen LogP contribution in [0.25, 0.3) is 0 Å². The number of aryl methyl sites for hydroxylation is 1.